The lowest BCUT2D eigenvalue weighted by atomic mass is 9.68. The summed E-state index contributed by atoms with van der Waals surface area (Å²) in [6.45, 7) is 8.79. The van der Waals surface area contributed by atoms with Crippen molar-refractivity contribution in [3.05, 3.63) is 187 Å². The van der Waals surface area contributed by atoms with Gasteiger partial charge in [-0.3, -0.25) is 0 Å². The van der Waals surface area contributed by atoms with Crippen LogP contribution in [0.15, 0.2) is 120 Å². The molecule has 9 aromatic rings. The van der Waals surface area contributed by atoms with Gasteiger partial charge >= 0.3 is 0 Å². The van der Waals surface area contributed by atoms with E-state index in [2.05, 4.69) is 159 Å². The maximum atomic E-state index is 2.41. The zero-order valence-electron chi connectivity index (χ0n) is 28.6. The average molecular weight is 745 g/mol. The molecule has 11 rings (SSSR count). The minimum absolute atomic E-state index is 0.371. The first-order valence-electron chi connectivity index (χ1n) is 17.4. The molecule has 0 amide bonds. The third-order valence-electron chi connectivity index (χ3n) is 11.4. The average Bonchev–Trinajstić information content (AvgIpc) is 3.98. The molecule has 5 aromatic heterocycles. The fraction of sp³-hybridized carbons (Fsp3) is 0.130. The number of rotatable bonds is 4. The molecule has 2 aliphatic rings. The molecule has 0 saturated carbocycles. The molecular weight excluding hydrogens is 713 g/mol. The maximum Gasteiger partial charge on any atom is 0.0744 e. The first kappa shape index (κ1) is 30.5. The van der Waals surface area contributed by atoms with E-state index in [1.54, 1.807) is 0 Å². The van der Waals surface area contributed by atoms with E-state index in [9.17, 15) is 0 Å². The summed E-state index contributed by atoms with van der Waals surface area (Å²) in [4.78, 5) is 5.79. The molecule has 0 atom stereocenters. The Hall–Kier alpha value is -4.10. The summed E-state index contributed by atoms with van der Waals surface area (Å²) in [5.74, 6) is 0. The number of benzene rings is 4. The molecule has 0 fully saturated rings. The Bertz CT molecular complexity index is 2520. The van der Waals surface area contributed by atoms with Crippen LogP contribution < -0.4 is 0 Å². The van der Waals surface area contributed by atoms with Crippen LogP contribution >= 0.6 is 56.7 Å². The van der Waals surface area contributed by atoms with E-state index >= 15 is 0 Å². The lowest BCUT2D eigenvalue weighted by Gasteiger charge is -2.33. The van der Waals surface area contributed by atoms with Gasteiger partial charge in [0.15, 0.2) is 0 Å². The van der Waals surface area contributed by atoms with Gasteiger partial charge in [-0.1, -0.05) is 119 Å². The van der Waals surface area contributed by atoms with Crippen molar-refractivity contribution in [2.45, 2.75) is 38.5 Å². The highest BCUT2D eigenvalue weighted by Gasteiger charge is 2.53. The molecule has 5 heterocycles. The van der Waals surface area contributed by atoms with Gasteiger partial charge in [-0.05, 0) is 84.0 Å². The predicted molar refractivity (Wildman–Crippen MR) is 224 cm³/mol. The molecule has 0 saturated heterocycles. The third-order valence-corrected chi connectivity index (χ3v) is 17.6. The second-order valence-electron chi connectivity index (χ2n) is 14.3. The van der Waals surface area contributed by atoms with Gasteiger partial charge < -0.3 is 0 Å². The van der Waals surface area contributed by atoms with Crippen molar-refractivity contribution in [3.63, 3.8) is 0 Å². The molecule has 0 spiro atoms. The largest absolute Gasteiger partial charge is 0.143 e. The fourth-order valence-electron chi connectivity index (χ4n) is 9.01. The number of hydrogen-bond donors (Lipinski definition) is 0. The van der Waals surface area contributed by atoms with Gasteiger partial charge in [-0.25, -0.2) is 0 Å². The van der Waals surface area contributed by atoms with Gasteiger partial charge in [0, 0.05) is 20.9 Å². The van der Waals surface area contributed by atoms with Gasteiger partial charge in [-0.15, -0.1) is 56.7 Å². The summed E-state index contributed by atoms with van der Waals surface area (Å²) in [6.07, 6.45) is 0. The van der Waals surface area contributed by atoms with E-state index in [4.69, 9.17) is 0 Å². The van der Waals surface area contributed by atoms with Crippen LogP contribution in [0.3, 0.4) is 0 Å². The topological polar surface area (TPSA) is 0 Å². The van der Waals surface area contributed by atoms with Crippen molar-refractivity contribution in [3.8, 4) is 19.5 Å². The van der Waals surface area contributed by atoms with Gasteiger partial charge in [0.2, 0.25) is 0 Å². The second-order valence-corrected chi connectivity index (χ2v) is 19.2. The fourth-order valence-corrected chi connectivity index (χ4v) is 16.0. The van der Waals surface area contributed by atoms with Crippen molar-refractivity contribution in [2.75, 3.05) is 0 Å². The Morgan fingerprint density at radius 2 is 0.647 bits per heavy atom. The summed E-state index contributed by atoms with van der Waals surface area (Å²) >= 11 is 9.95. The smallest absolute Gasteiger partial charge is 0.0744 e. The first-order valence-corrected chi connectivity index (χ1v) is 21.6. The quantitative estimate of drug-likeness (QED) is 0.168. The van der Waals surface area contributed by atoms with Gasteiger partial charge in [-0.2, -0.15) is 0 Å². The van der Waals surface area contributed by atoms with Crippen molar-refractivity contribution >= 4 is 75.5 Å². The highest BCUT2D eigenvalue weighted by molar-refractivity contribution is 7.41. The second kappa shape index (κ2) is 10.7. The number of fused-ring (bicyclic) bond motifs is 11. The molecule has 4 aromatic carbocycles. The summed E-state index contributed by atoms with van der Waals surface area (Å²) in [7, 11) is 0. The summed E-state index contributed by atoms with van der Waals surface area (Å²) in [5, 5.41) is 4.62. The van der Waals surface area contributed by atoms with Crippen molar-refractivity contribution < 1.29 is 0 Å². The Morgan fingerprint density at radius 3 is 0.961 bits per heavy atom. The van der Waals surface area contributed by atoms with Crippen molar-refractivity contribution in [1.29, 1.82) is 0 Å². The monoisotopic (exact) mass is 744 g/mol. The van der Waals surface area contributed by atoms with E-state index in [-0.39, 0.29) is 10.8 Å². The van der Waals surface area contributed by atoms with Gasteiger partial charge in [0.25, 0.3) is 0 Å². The number of thiophene rings is 5. The van der Waals surface area contributed by atoms with Crippen LogP contribution in [0.5, 0.6) is 0 Å². The Kier molecular flexibility index (Phi) is 6.42. The normalized spacial score (nSPS) is 15.0. The molecular formula is C46H32S5. The molecule has 0 N–H and O–H groups in total. The SMILES string of the molecule is Cc1ccc(C2(c3ccc(C)cc3)c3ccsc3-c3sc4c(sc5c6c(sc54)-c4sccc4C6(c4ccc(C)cc4)c4ccc(C)cc4)c32)cc1. The highest BCUT2D eigenvalue weighted by atomic mass is 32.1. The van der Waals surface area contributed by atoms with Crippen molar-refractivity contribution in [2.24, 2.45) is 0 Å². The summed E-state index contributed by atoms with van der Waals surface area (Å²) < 4.78 is 5.84. The zero-order valence-corrected chi connectivity index (χ0v) is 32.7. The predicted octanol–water partition coefficient (Wildman–Crippen LogP) is 14.3. The molecule has 51 heavy (non-hydrogen) atoms. The van der Waals surface area contributed by atoms with E-state index in [1.807, 2.05) is 45.3 Å². The van der Waals surface area contributed by atoms with Crippen LogP contribution in [0.4, 0.5) is 0 Å². The minimum atomic E-state index is -0.371. The van der Waals surface area contributed by atoms with E-state index < -0.39 is 0 Å². The van der Waals surface area contributed by atoms with Crippen LogP contribution in [-0.2, 0) is 10.8 Å². The van der Waals surface area contributed by atoms with Crippen LogP contribution in [0.2, 0.25) is 0 Å². The highest BCUT2D eigenvalue weighted by Crippen LogP contribution is 2.68. The third kappa shape index (κ3) is 3.83. The Morgan fingerprint density at radius 1 is 0.333 bits per heavy atom. The molecule has 0 bridgehead atoms. The molecule has 0 nitrogen and oxygen atoms in total. The summed E-state index contributed by atoms with van der Waals surface area (Å²) in [5.41, 5.74) is 15.7. The van der Waals surface area contributed by atoms with Gasteiger partial charge in [0.05, 0.1) is 39.4 Å². The molecule has 2 aliphatic carbocycles. The molecule has 246 valence electrons. The standard InChI is InChI=1S/C46H32S5/c1-25-5-13-29(14-6-25)45(30-15-7-26(2)8-16-30)33-21-23-47-37(33)39-35(45)41-43(50-39)44-42(49-41)36-40(51-44)38-34(22-24-48-38)46(36,31-17-9-27(3)10-18-31)32-19-11-28(4)12-20-32/h5-24H,1-4H3. The van der Waals surface area contributed by atoms with E-state index in [0.717, 1.165) is 0 Å². The van der Waals surface area contributed by atoms with Crippen LogP contribution in [0.25, 0.3) is 38.3 Å². The lowest BCUT2D eigenvalue weighted by molar-refractivity contribution is 0.778. The van der Waals surface area contributed by atoms with Crippen LogP contribution in [0.1, 0.15) is 66.8 Å². The van der Waals surface area contributed by atoms with Crippen molar-refractivity contribution in [1.82, 2.24) is 0 Å². The molecule has 5 heteroatoms. The minimum Gasteiger partial charge on any atom is -0.143 e. The Labute approximate surface area is 318 Å². The van der Waals surface area contributed by atoms with Crippen LogP contribution in [0, 0.1) is 27.7 Å². The number of aryl methyl sites for hydroxylation is 4. The first-order chi connectivity index (χ1) is 24.9. The van der Waals surface area contributed by atoms with Crippen LogP contribution in [-0.4, -0.2) is 0 Å². The van der Waals surface area contributed by atoms with E-state index in [0.29, 0.717) is 0 Å². The van der Waals surface area contributed by atoms with Gasteiger partial charge in [0.1, 0.15) is 0 Å². The zero-order chi connectivity index (χ0) is 34.2. The molecule has 0 radical (unpaired) electrons. The molecule has 0 unspecified atom stereocenters. The molecule has 0 aliphatic heterocycles. The lowest BCUT2D eigenvalue weighted by Crippen LogP contribution is -2.28. The maximum absolute atomic E-state index is 2.41. The summed E-state index contributed by atoms with van der Waals surface area (Å²) in [6, 6.07) is 42.3. The number of hydrogen-bond acceptors (Lipinski definition) is 5. The Balaban J connectivity index is 1.27. The van der Waals surface area contributed by atoms with E-state index in [1.165, 1.54) is 105 Å².